The van der Waals surface area contributed by atoms with E-state index in [2.05, 4.69) is 10.3 Å². The van der Waals surface area contributed by atoms with Crippen LogP contribution in [0.5, 0.6) is 0 Å². The molecule has 3 rings (SSSR count). The van der Waals surface area contributed by atoms with Gasteiger partial charge in [0.2, 0.25) is 5.91 Å². The van der Waals surface area contributed by atoms with Gasteiger partial charge in [0.25, 0.3) is 0 Å². The molecule has 33 heavy (non-hydrogen) atoms. The molecule has 1 heterocycles. The molecular formula is C23H24N3O5S2-. The normalized spacial score (nSPS) is 12.2. The minimum Gasteiger partial charge on any atom is -0.731 e. The minimum absolute atomic E-state index is 0.0560. The lowest BCUT2D eigenvalue weighted by atomic mass is 10.0. The summed E-state index contributed by atoms with van der Waals surface area (Å²) in [6.45, 7) is 2.00. The van der Waals surface area contributed by atoms with E-state index in [0.29, 0.717) is 12.0 Å². The lowest BCUT2D eigenvalue weighted by Crippen LogP contribution is -2.30. The predicted octanol–water partition coefficient (Wildman–Crippen LogP) is 3.64. The highest BCUT2D eigenvalue weighted by Crippen LogP contribution is 2.24. The quantitative estimate of drug-likeness (QED) is 0.315. The molecule has 3 aromatic rings. The van der Waals surface area contributed by atoms with E-state index in [4.69, 9.17) is 0 Å². The summed E-state index contributed by atoms with van der Waals surface area (Å²) >= 11 is 1.45. The number of nitrogens with zero attached hydrogens (tertiary/aromatic N) is 1. The van der Waals surface area contributed by atoms with Crippen molar-refractivity contribution in [2.45, 2.75) is 38.6 Å². The second-order valence-electron chi connectivity index (χ2n) is 7.40. The third-order valence-electron chi connectivity index (χ3n) is 4.88. The van der Waals surface area contributed by atoms with Gasteiger partial charge >= 0.3 is 0 Å². The average Bonchev–Trinajstić information content (AvgIpc) is 3.27. The monoisotopic (exact) mass is 486 g/mol. The summed E-state index contributed by atoms with van der Waals surface area (Å²) < 4.78 is 34.4. The Morgan fingerprint density at radius 1 is 1.06 bits per heavy atom. The van der Waals surface area contributed by atoms with E-state index in [-0.39, 0.29) is 30.2 Å². The van der Waals surface area contributed by atoms with Gasteiger partial charge in [-0.2, -0.15) is 0 Å². The van der Waals surface area contributed by atoms with E-state index < -0.39 is 16.3 Å². The summed E-state index contributed by atoms with van der Waals surface area (Å²) in [6.07, 6.45) is 1.34. The Balaban J connectivity index is 1.68. The smallest absolute Gasteiger partial charge is 0.221 e. The molecule has 0 aliphatic rings. The molecule has 0 unspecified atom stereocenters. The molecule has 0 saturated carbocycles. The highest BCUT2D eigenvalue weighted by molar-refractivity contribution is 7.87. The summed E-state index contributed by atoms with van der Waals surface area (Å²) in [5.74, 6) is -0.352. The largest absolute Gasteiger partial charge is 0.731 e. The second kappa shape index (κ2) is 11.2. The molecule has 1 atom stereocenters. The van der Waals surface area contributed by atoms with Gasteiger partial charge in [-0.05, 0) is 30.5 Å². The van der Waals surface area contributed by atoms with Crippen molar-refractivity contribution in [1.29, 1.82) is 0 Å². The Kier molecular flexibility index (Phi) is 8.32. The van der Waals surface area contributed by atoms with Crippen molar-refractivity contribution >= 4 is 39.0 Å². The van der Waals surface area contributed by atoms with E-state index in [9.17, 15) is 22.6 Å². The molecule has 2 N–H and O–H groups in total. The SMILES string of the molecule is CCc1csc([C@H](Cc2ccc(NS(=O)(=O)[O-])cc2)NC(=O)CCC(=O)c2ccccc2)n1. The molecule has 8 nitrogen and oxygen atoms in total. The number of thiazole rings is 1. The van der Waals surface area contributed by atoms with Gasteiger partial charge in [-0.1, -0.05) is 49.4 Å². The Bertz CT molecular complexity index is 1190. The van der Waals surface area contributed by atoms with Gasteiger partial charge < -0.3 is 9.87 Å². The number of aryl methyl sites for hydroxylation is 1. The highest BCUT2D eigenvalue weighted by Gasteiger charge is 2.20. The summed E-state index contributed by atoms with van der Waals surface area (Å²) in [4.78, 5) is 29.5. The molecule has 1 amide bonds. The Morgan fingerprint density at radius 3 is 2.36 bits per heavy atom. The number of hydrogen-bond donors (Lipinski definition) is 2. The molecule has 174 valence electrons. The number of amides is 1. The predicted molar refractivity (Wildman–Crippen MR) is 126 cm³/mol. The van der Waals surface area contributed by atoms with Crippen LogP contribution in [0.2, 0.25) is 0 Å². The molecule has 0 spiro atoms. The number of anilines is 1. The summed E-state index contributed by atoms with van der Waals surface area (Å²) in [5, 5.41) is 5.67. The summed E-state index contributed by atoms with van der Waals surface area (Å²) in [7, 11) is -4.60. The second-order valence-corrected chi connectivity index (χ2v) is 9.40. The first-order chi connectivity index (χ1) is 15.7. The minimum atomic E-state index is -4.60. The molecule has 2 aromatic carbocycles. The maximum absolute atomic E-state index is 12.6. The van der Waals surface area contributed by atoms with Crippen molar-refractivity contribution < 1.29 is 22.6 Å². The number of carbonyl (C=O) groups is 2. The van der Waals surface area contributed by atoms with Crippen LogP contribution < -0.4 is 10.0 Å². The van der Waals surface area contributed by atoms with Crippen LogP contribution >= 0.6 is 11.3 Å². The van der Waals surface area contributed by atoms with E-state index >= 15 is 0 Å². The Hall–Kier alpha value is -3.08. The fraction of sp³-hybridized carbons (Fsp3) is 0.261. The molecule has 0 radical (unpaired) electrons. The fourth-order valence-electron chi connectivity index (χ4n) is 3.20. The van der Waals surface area contributed by atoms with Crippen LogP contribution in [0.25, 0.3) is 0 Å². The van der Waals surface area contributed by atoms with Gasteiger partial charge in [0.05, 0.1) is 11.7 Å². The summed E-state index contributed by atoms with van der Waals surface area (Å²) in [6, 6.07) is 14.8. The molecule has 0 aliphatic carbocycles. The Morgan fingerprint density at radius 2 is 1.76 bits per heavy atom. The van der Waals surface area contributed by atoms with Crippen molar-refractivity contribution in [3.63, 3.8) is 0 Å². The van der Waals surface area contributed by atoms with Crippen LogP contribution in [0.4, 0.5) is 5.69 Å². The van der Waals surface area contributed by atoms with Gasteiger partial charge in [0.15, 0.2) is 16.1 Å². The number of benzene rings is 2. The van der Waals surface area contributed by atoms with Crippen LogP contribution in [0.3, 0.4) is 0 Å². The van der Waals surface area contributed by atoms with E-state index in [0.717, 1.165) is 22.7 Å². The van der Waals surface area contributed by atoms with E-state index in [1.165, 1.54) is 23.5 Å². The number of carbonyl (C=O) groups excluding carboxylic acids is 2. The maximum atomic E-state index is 12.6. The topological polar surface area (TPSA) is 128 Å². The van der Waals surface area contributed by atoms with Crippen LogP contribution in [0.15, 0.2) is 60.0 Å². The average molecular weight is 487 g/mol. The highest BCUT2D eigenvalue weighted by atomic mass is 32.2. The number of Topliss-reactive ketones (excluding diaryl/α,β-unsaturated/α-hetero) is 1. The maximum Gasteiger partial charge on any atom is 0.221 e. The molecule has 0 saturated heterocycles. The number of nitrogens with one attached hydrogen (secondary N) is 2. The molecule has 1 aromatic heterocycles. The third-order valence-corrected chi connectivity index (χ3v) is 6.37. The third kappa shape index (κ3) is 7.77. The van der Waals surface area contributed by atoms with Gasteiger partial charge in [-0.3, -0.25) is 14.3 Å². The zero-order valence-corrected chi connectivity index (χ0v) is 19.6. The first kappa shape index (κ1) is 24.6. The zero-order valence-electron chi connectivity index (χ0n) is 18.0. The van der Waals surface area contributed by atoms with Gasteiger partial charge in [0, 0.05) is 29.5 Å². The van der Waals surface area contributed by atoms with Gasteiger partial charge in [-0.15, -0.1) is 11.3 Å². The van der Waals surface area contributed by atoms with Crippen molar-refractivity contribution in [3.05, 3.63) is 81.8 Å². The lowest BCUT2D eigenvalue weighted by molar-refractivity contribution is -0.121. The molecule has 0 bridgehead atoms. The van der Waals surface area contributed by atoms with Crippen molar-refractivity contribution in [3.8, 4) is 0 Å². The molecule has 0 aliphatic heterocycles. The first-order valence-corrected chi connectivity index (χ1v) is 12.7. The van der Waals surface area contributed by atoms with Crippen LogP contribution in [0.1, 0.15) is 52.4 Å². The van der Waals surface area contributed by atoms with Gasteiger partial charge in [-0.25, -0.2) is 13.4 Å². The number of hydrogen-bond acceptors (Lipinski definition) is 7. The number of rotatable bonds is 11. The fourth-order valence-corrected chi connectivity index (χ4v) is 4.57. The van der Waals surface area contributed by atoms with E-state index in [1.807, 2.05) is 23.1 Å². The van der Waals surface area contributed by atoms with Crippen LogP contribution in [-0.2, 0) is 27.9 Å². The zero-order chi connectivity index (χ0) is 23.8. The molecule has 0 fully saturated rings. The van der Waals surface area contributed by atoms with Gasteiger partial charge in [0.1, 0.15) is 5.01 Å². The number of aromatic nitrogens is 1. The van der Waals surface area contributed by atoms with Crippen LogP contribution in [0, 0.1) is 0 Å². The summed E-state index contributed by atoms with van der Waals surface area (Å²) in [5.41, 5.74) is 2.48. The van der Waals surface area contributed by atoms with E-state index in [1.54, 1.807) is 36.4 Å². The molecular weight excluding hydrogens is 462 g/mol. The van der Waals surface area contributed by atoms with Crippen molar-refractivity contribution in [2.75, 3.05) is 4.72 Å². The Labute approximate surface area is 197 Å². The molecule has 10 heteroatoms. The van der Waals surface area contributed by atoms with Crippen molar-refractivity contribution in [2.24, 2.45) is 0 Å². The lowest BCUT2D eigenvalue weighted by Gasteiger charge is -2.17. The number of ketones is 1. The van der Waals surface area contributed by atoms with Crippen molar-refractivity contribution in [1.82, 2.24) is 10.3 Å². The standard InChI is InChI=1S/C23H25N3O5S2/c1-2-18-15-32-23(24-18)20(14-16-8-10-19(11-9-16)26-33(29,30)31)25-22(28)13-12-21(27)17-6-4-3-5-7-17/h3-11,15,20,26H,2,12-14H2,1H3,(H,25,28)(H,29,30,31)/p-1/t20-/m0/s1. The first-order valence-electron chi connectivity index (χ1n) is 10.4. The van der Waals surface area contributed by atoms with Crippen LogP contribution in [-0.4, -0.2) is 29.6 Å².